The number of anilines is 2. The largest absolute Gasteiger partial charge is 0.465 e. The van der Waals surface area contributed by atoms with E-state index in [1.165, 1.54) is 20.3 Å². The van der Waals surface area contributed by atoms with Crippen molar-refractivity contribution >= 4 is 29.2 Å². The number of carbonyl (C=O) groups is 3. The molecule has 2 aromatic rings. The van der Waals surface area contributed by atoms with Gasteiger partial charge in [-0.3, -0.25) is 4.79 Å². The number of nitrogens with one attached hydrogen (secondary N) is 1. The van der Waals surface area contributed by atoms with Crippen molar-refractivity contribution in [3.63, 3.8) is 0 Å². The molecule has 1 amide bonds. The van der Waals surface area contributed by atoms with Crippen LogP contribution in [0.1, 0.15) is 12.0 Å². The van der Waals surface area contributed by atoms with E-state index in [0.29, 0.717) is 24.2 Å². The zero-order valence-electron chi connectivity index (χ0n) is 17.9. The minimum atomic E-state index is -0.681. The fraction of sp³-hybridized carbons (Fsp3) is 0.160. The molecule has 3 rings (SSSR count). The highest BCUT2D eigenvalue weighted by Gasteiger charge is 2.27. The SMILES string of the molecule is COC(=O)C1=C(C(=O)OC)N(c2ccc(NC(=O)CCc3ccccc3)cc2)C=CC=C1. The minimum absolute atomic E-state index is 0.0315. The van der Waals surface area contributed by atoms with Crippen LogP contribution in [0, 0.1) is 0 Å². The molecule has 164 valence electrons. The number of hydrogen-bond acceptors (Lipinski definition) is 6. The van der Waals surface area contributed by atoms with Crippen molar-refractivity contribution in [1.82, 2.24) is 0 Å². The van der Waals surface area contributed by atoms with Crippen molar-refractivity contribution in [3.8, 4) is 0 Å². The van der Waals surface area contributed by atoms with Gasteiger partial charge in [0.25, 0.3) is 0 Å². The molecular formula is C25H24N2O5. The van der Waals surface area contributed by atoms with Crippen molar-refractivity contribution in [2.75, 3.05) is 24.4 Å². The monoisotopic (exact) mass is 432 g/mol. The number of hydrogen-bond donors (Lipinski definition) is 1. The van der Waals surface area contributed by atoms with E-state index in [2.05, 4.69) is 5.32 Å². The second-order valence-corrected chi connectivity index (χ2v) is 6.90. The van der Waals surface area contributed by atoms with Crippen molar-refractivity contribution in [1.29, 1.82) is 0 Å². The summed E-state index contributed by atoms with van der Waals surface area (Å²) >= 11 is 0. The molecule has 0 bridgehead atoms. The average Bonchev–Trinajstić information content (AvgIpc) is 3.06. The van der Waals surface area contributed by atoms with Gasteiger partial charge in [-0.15, -0.1) is 0 Å². The Hall–Kier alpha value is -4.13. The molecule has 0 radical (unpaired) electrons. The summed E-state index contributed by atoms with van der Waals surface area (Å²) in [7, 11) is 2.49. The number of ether oxygens (including phenoxy) is 2. The number of carbonyl (C=O) groups excluding carboxylic acids is 3. The van der Waals surface area contributed by atoms with Gasteiger partial charge in [-0.2, -0.15) is 0 Å². The topological polar surface area (TPSA) is 84.9 Å². The molecule has 0 spiro atoms. The lowest BCUT2D eigenvalue weighted by Crippen LogP contribution is -2.26. The van der Waals surface area contributed by atoms with Crippen LogP contribution in [0.25, 0.3) is 0 Å². The predicted octanol–water partition coefficient (Wildman–Crippen LogP) is 3.75. The normalized spacial score (nSPS) is 12.9. The van der Waals surface area contributed by atoms with Crippen molar-refractivity contribution in [3.05, 3.63) is 95.9 Å². The number of rotatable bonds is 7. The van der Waals surface area contributed by atoms with Crippen LogP contribution in [0.2, 0.25) is 0 Å². The highest BCUT2D eigenvalue weighted by atomic mass is 16.5. The van der Waals surface area contributed by atoms with Crippen molar-refractivity contribution < 1.29 is 23.9 Å². The van der Waals surface area contributed by atoms with Gasteiger partial charge in [0, 0.05) is 24.0 Å². The summed E-state index contributed by atoms with van der Waals surface area (Å²) in [6.45, 7) is 0. The van der Waals surface area contributed by atoms with Gasteiger partial charge < -0.3 is 19.7 Å². The van der Waals surface area contributed by atoms with Crippen molar-refractivity contribution in [2.24, 2.45) is 0 Å². The highest BCUT2D eigenvalue weighted by molar-refractivity contribution is 6.05. The summed E-state index contributed by atoms with van der Waals surface area (Å²) in [6, 6.07) is 16.7. The summed E-state index contributed by atoms with van der Waals surface area (Å²) in [4.78, 5) is 38.5. The van der Waals surface area contributed by atoms with Gasteiger partial charge in [-0.1, -0.05) is 36.4 Å². The van der Waals surface area contributed by atoms with Gasteiger partial charge >= 0.3 is 11.9 Å². The fourth-order valence-electron chi connectivity index (χ4n) is 3.20. The maximum Gasteiger partial charge on any atom is 0.355 e. The van der Waals surface area contributed by atoms with E-state index in [1.807, 2.05) is 30.3 Å². The highest BCUT2D eigenvalue weighted by Crippen LogP contribution is 2.27. The Balaban J connectivity index is 1.76. The maximum absolute atomic E-state index is 12.5. The lowest BCUT2D eigenvalue weighted by molar-refractivity contribution is -0.139. The standard InChI is InChI=1S/C25H24N2O5/c1-31-24(29)21-10-6-7-17-27(23(21)25(30)32-2)20-14-12-19(13-15-20)26-22(28)16-11-18-8-4-3-5-9-18/h3-10,12-15,17H,11,16H2,1-2H3,(H,26,28). The fourth-order valence-corrected chi connectivity index (χ4v) is 3.20. The lowest BCUT2D eigenvalue weighted by Gasteiger charge is -2.23. The van der Waals surface area contributed by atoms with E-state index in [1.54, 1.807) is 47.5 Å². The van der Waals surface area contributed by atoms with Crippen LogP contribution in [0.4, 0.5) is 11.4 Å². The molecule has 0 unspecified atom stereocenters. The van der Waals surface area contributed by atoms with Gasteiger partial charge in [0.15, 0.2) is 0 Å². The Morgan fingerprint density at radius 2 is 1.56 bits per heavy atom. The third-order valence-electron chi connectivity index (χ3n) is 4.80. The first-order chi connectivity index (χ1) is 15.5. The Labute approximate surface area is 186 Å². The van der Waals surface area contributed by atoms with Crippen LogP contribution in [0.5, 0.6) is 0 Å². The number of nitrogens with zero attached hydrogens (tertiary/aromatic N) is 1. The second kappa shape index (κ2) is 10.8. The molecule has 0 saturated heterocycles. The van der Waals surface area contributed by atoms with Gasteiger partial charge in [0.1, 0.15) is 5.70 Å². The third kappa shape index (κ3) is 5.51. The van der Waals surface area contributed by atoms with E-state index in [0.717, 1.165) is 5.56 Å². The number of benzene rings is 2. The molecule has 2 aromatic carbocycles. The Kier molecular flexibility index (Phi) is 7.59. The summed E-state index contributed by atoms with van der Waals surface area (Å²) in [5.74, 6) is -1.43. The average molecular weight is 432 g/mol. The van der Waals surface area contributed by atoms with Crippen LogP contribution in [-0.2, 0) is 30.3 Å². The second-order valence-electron chi connectivity index (χ2n) is 6.90. The zero-order valence-corrected chi connectivity index (χ0v) is 17.9. The summed E-state index contributed by atoms with van der Waals surface area (Å²) < 4.78 is 9.70. The van der Waals surface area contributed by atoms with Crippen LogP contribution >= 0.6 is 0 Å². The first kappa shape index (κ1) is 22.6. The van der Waals surface area contributed by atoms with Crippen molar-refractivity contribution in [2.45, 2.75) is 12.8 Å². The predicted molar refractivity (Wildman–Crippen MR) is 122 cm³/mol. The first-order valence-electron chi connectivity index (χ1n) is 10.0. The molecule has 0 fully saturated rings. The van der Waals surface area contributed by atoms with E-state index in [9.17, 15) is 14.4 Å². The Morgan fingerprint density at radius 1 is 0.875 bits per heavy atom. The Bertz CT molecular complexity index is 1070. The lowest BCUT2D eigenvalue weighted by atomic mass is 10.1. The quantitative estimate of drug-likeness (QED) is 0.671. The summed E-state index contributed by atoms with van der Waals surface area (Å²) in [5, 5.41) is 2.87. The van der Waals surface area contributed by atoms with E-state index >= 15 is 0 Å². The molecule has 1 N–H and O–H groups in total. The number of methoxy groups -OCH3 is 2. The molecule has 1 aliphatic heterocycles. The first-order valence-corrected chi connectivity index (χ1v) is 10.0. The molecule has 0 aliphatic carbocycles. The maximum atomic E-state index is 12.5. The molecule has 0 saturated carbocycles. The Morgan fingerprint density at radius 3 is 2.22 bits per heavy atom. The summed E-state index contributed by atoms with van der Waals surface area (Å²) in [5.41, 5.74) is 2.43. The van der Waals surface area contributed by atoms with E-state index in [-0.39, 0.29) is 17.2 Å². The molecule has 7 heteroatoms. The minimum Gasteiger partial charge on any atom is -0.465 e. The number of esters is 2. The van der Waals surface area contributed by atoms with Crippen LogP contribution in [0.15, 0.2) is 90.3 Å². The van der Waals surface area contributed by atoms with Gasteiger partial charge in [-0.25, -0.2) is 9.59 Å². The molecule has 1 aliphatic rings. The molecule has 7 nitrogen and oxygen atoms in total. The number of allylic oxidation sites excluding steroid dienone is 2. The van der Waals surface area contributed by atoms with Gasteiger partial charge in [0.2, 0.25) is 5.91 Å². The van der Waals surface area contributed by atoms with Gasteiger partial charge in [-0.05, 0) is 48.4 Å². The summed E-state index contributed by atoms with van der Waals surface area (Å²) in [6.07, 6.45) is 7.49. The number of amides is 1. The van der Waals surface area contributed by atoms with E-state index in [4.69, 9.17) is 9.47 Å². The molecule has 1 heterocycles. The van der Waals surface area contributed by atoms with Crippen LogP contribution < -0.4 is 10.2 Å². The molecule has 32 heavy (non-hydrogen) atoms. The van der Waals surface area contributed by atoms with E-state index < -0.39 is 11.9 Å². The molecule has 0 atom stereocenters. The van der Waals surface area contributed by atoms with Gasteiger partial charge in [0.05, 0.1) is 19.8 Å². The van der Waals surface area contributed by atoms with Crippen LogP contribution in [-0.4, -0.2) is 32.1 Å². The van der Waals surface area contributed by atoms with Crippen LogP contribution in [0.3, 0.4) is 0 Å². The zero-order chi connectivity index (χ0) is 22.9. The molecule has 0 aromatic heterocycles. The smallest absolute Gasteiger partial charge is 0.355 e. The number of aryl methyl sites for hydroxylation is 1. The third-order valence-corrected chi connectivity index (χ3v) is 4.80. The molecular weight excluding hydrogens is 408 g/mol.